The van der Waals surface area contributed by atoms with Gasteiger partial charge in [-0.1, -0.05) is 32.1 Å². The van der Waals surface area contributed by atoms with Crippen LogP contribution in [0.5, 0.6) is 0 Å². The highest BCUT2D eigenvalue weighted by molar-refractivity contribution is 6.07. The van der Waals surface area contributed by atoms with Crippen molar-refractivity contribution in [2.75, 3.05) is 6.61 Å². The average molecular weight is 389 g/mol. The molecule has 0 aromatic heterocycles. The molecule has 0 radical (unpaired) electrons. The van der Waals surface area contributed by atoms with Crippen molar-refractivity contribution in [2.24, 2.45) is 11.8 Å². The second kappa shape index (κ2) is 8.29. The van der Waals surface area contributed by atoms with Crippen molar-refractivity contribution in [3.05, 3.63) is 0 Å². The SMILES string of the molecule is C[C@@H](C(=O)OCC(=O)NC1(C#N)CCCCC1)N1C(=O)[C@H]2CCCC[C@H]2C1=O. The van der Waals surface area contributed by atoms with Crippen molar-refractivity contribution in [1.82, 2.24) is 10.2 Å². The molecule has 3 fully saturated rings. The molecule has 0 unspecified atom stereocenters. The van der Waals surface area contributed by atoms with E-state index in [9.17, 15) is 24.4 Å². The van der Waals surface area contributed by atoms with Crippen LogP contribution < -0.4 is 5.32 Å². The van der Waals surface area contributed by atoms with Crippen LogP contribution in [-0.2, 0) is 23.9 Å². The van der Waals surface area contributed by atoms with Crippen molar-refractivity contribution in [3.8, 4) is 6.07 Å². The number of amides is 3. The largest absolute Gasteiger partial charge is 0.454 e. The molecule has 2 aliphatic carbocycles. The monoisotopic (exact) mass is 389 g/mol. The third-order valence-corrected chi connectivity index (χ3v) is 6.25. The Morgan fingerprint density at radius 2 is 1.71 bits per heavy atom. The summed E-state index contributed by atoms with van der Waals surface area (Å²) in [6, 6.07) is 1.12. The third-order valence-electron chi connectivity index (χ3n) is 6.25. The zero-order chi connectivity index (χ0) is 20.3. The molecule has 0 aromatic carbocycles. The number of rotatable bonds is 5. The molecule has 8 nitrogen and oxygen atoms in total. The van der Waals surface area contributed by atoms with Gasteiger partial charge in [0.1, 0.15) is 11.6 Å². The summed E-state index contributed by atoms with van der Waals surface area (Å²) in [5, 5.41) is 12.1. The fraction of sp³-hybridized carbons (Fsp3) is 0.750. The number of nitrogens with zero attached hydrogens (tertiary/aromatic N) is 2. The Hall–Kier alpha value is -2.43. The zero-order valence-corrected chi connectivity index (χ0v) is 16.2. The van der Waals surface area contributed by atoms with Crippen molar-refractivity contribution in [3.63, 3.8) is 0 Å². The molecule has 8 heteroatoms. The molecule has 1 N–H and O–H groups in total. The molecular weight excluding hydrogens is 362 g/mol. The number of imide groups is 1. The van der Waals surface area contributed by atoms with Crippen LogP contribution in [0.4, 0.5) is 0 Å². The molecular formula is C20H27N3O5. The standard InChI is InChI=1S/C20H27N3O5/c1-13(23-17(25)14-7-3-4-8-15(14)18(23)26)19(27)28-11-16(24)22-20(12-21)9-5-2-6-10-20/h13-15H,2-11H2,1H3,(H,22,24)/t13-,14-,15+/m0/s1. The molecule has 1 aliphatic heterocycles. The first-order chi connectivity index (χ1) is 13.4. The van der Waals surface area contributed by atoms with Crippen LogP contribution >= 0.6 is 0 Å². The molecule has 2 saturated carbocycles. The van der Waals surface area contributed by atoms with Gasteiger partial charge >= 0.3 is 5.97 Å². The van der Waals surface area contributed by atoms with Gasteiger partial charge in [-0.2, -0.15) is 5.26 Å². The van der Waals surface area contributed by atoms with E-state index in [0.717, 1.165) is 37.0 Å². The normalized spacial score (nSPS) is 27.5. The van der Waals surface area contributed by atoms with Crippen LogP contribution in [0, 0.1) is 23.2 Å². The van der Waals surface area contributed by atoms with Gasteiger partial charge in [0.05, 0.1) is 17.9 Å². The maximum absolute atomic E-state index is 12.6. The van der Waals surface area contributed by atoms with E-state index in [1.165, 1.54) is 6.92 Å². The number of nitrogens with one attached hydrogen (secondary N) is 1. The zero-order valence-electron chi connectivity index (χ0n) is 16.2. The smallest absolute Gasteiger partial charge is 0.329 e. The average Bonchev–Trinajstić information content (AvgIpc) is 2.97. The van der Waals surface area contributed by atoms with Gasteiger partial charge < -0.3 is 10.1 Å². The van der Waals surface area contributed by atoms with E-state index in [4.69, 9.17) is 4.74 Å². The van der Waals surface area contributed by atoms with Crippen LogP contribution in [0.3, 0.4) is 0 Å². The molecule has 3 atom stereocenters. The molecule has 28 heavy (non-hydrogen) atoms. The van der Waals surface area contributed by atoms with E-state index in [1.807, 2.05) is 0 Å². The minimum atomic E-state index is -1.06. The van der Waals surface area contributed by atoms with Gasteiger partial charge in [0.15, 0.2) is 6.61 Å². The Bertz CT molecular complexity index is 683. The van der Waals surface area contributed by atoms with Gasteiger partial charge in [0.2, 0.25) is 11.8 Å². The summed E-state index contributed by atoms with van der Waals surface area (Å²) in [5.41, 5.74) is -0.899. The van der Waals surface area contributed by atoms with Crippen molar-refractivity contribution in [2.45, 2.75) is 76.3 Å². The Balaban J connectivity index is 1.54. The van der Waals surface area contributed by atoms with Crippen LogP contribution in [-0.4, -0.2) is 46.8 Å². The number of nitriles is 1. The lowest BCUT2D eigenvalue weighted by Gasteiger charge is -2.31. The summed E-state index contributed by atoms with van der Waals surface area (Å²) < 4.78 is 5.05. The van der Waals surface area contributed by atoms with Gasteiger partial charge in [-0.05, 0) is 32.6 Å². The van der Waals surface area contributed by atoms with E-state index < -0.39 is 30.1 Å². The number of hydrogen-bond donors (Lipinski definition) is 1. The number of likely N-dealkylation sites (tertiary alicyclic amines) is 1. The molecule has 1 saturated heterocycles. The van der Waals surface area contributed by atoms with Crippen LogP contribution in [0.1, 0.15) is 64.7 Å². The summed E-state index contributed by atoms with van der Waals surface area (Å²) in [6.07, 6.45) is 7.10. The Labute approximate surface area is 164 Å². The minimum Gasteiger partial charge on any atom is -0.454 e. The van der Waals surface area contributed by atoms with E-state index in [2.05, 4.69) is 11.4 Å². The van der Waals surface area contributed by atoms with Gasteiger partial charge in [-0.3, -0.25) is 19.3 Å². The number of hydrogen-bond acceptors (Lipinski definition) is 6. The Morgan fingerprint density at radius 1 is 1.14 bits per heavy atom. The van der Waals surface area contributed by atoms with Crippen LogP contribution in [0.25, 0.3) is 0 Å². The first kappa shape index (κ1) is 20.3. The first-order valence-electron chi connectivity index (χ1n) is 10.1. The number of ether oxygens (including phenoxy) is 1. The predicted octanol–water partition coefficient (Wildman–Crippen LogP) is 1.44. The lowest BCUT2D eigenvalue weighted by molar-refractivity contribution is -0.159. The molecule has 3 amide bonds. The summed E-state index contributed by atoms with van der Waals surface area (Å²) in [7, 11) is 0. The van der Waals surface area contributed by atoms with Gasteiger partial charge in [0, 0.05) is 0 Å². The van der Waals surface area contributed by atoms with Gasteiger partial charge in [-0.25, -0.2) is 4.79 Å². The minimum absolute atomic E-state index is 0.311. The fourth-order valence-corrected chi connectivity index (χ4v) is 4.66. The van der Waals surface area contributed by atoms with E-state index in [0.29, 0.717) is 25.7 Å². The number of fused-ring (bicyclic) bond motifs is 1. The van der Waals surface area contributed by atoms with Gasteiger partial charge in [-0.15, -0.1) is 0 Å². The lowest BCUT2D eigenvalue weighted by Crippen LogP contribution is -2.50. The second-order valence-corrected chi connectivity index (χ2v) is 8.13. The second-order valence-electron chi connectivity index (χ2n) is 8.13. The highest BCUT2D eigenvalue weighted by atomic mass is 16.5. The third kappa shape index (κ3) is 3.89. The topological polar surface area (TPSA) is 117 Å². The lowest BCUT2D eigenvalue weighted by atomic mass is 9.81. The summed E-state index contributed by atoms with van der Waals surface area (Å²) in [6.45, 7) is 0.918. The molecule has 0 aromatic rings. The molecule has 1 heterocycles. The Kier molecular flexibility index (Phi) is 6.01. The fourth-order valence-electron chi connectivity index (χ4n) is 4.66. The maximum Gasteiger partial charge on any atom is 0.329 e. The Morgan fingerprint density at radius 3 is 2.25 bits per heavy atom. The molecule has 3 aliphatic rings. The summed E-state index contributed by atoms with van der Waals surface area (Å²) in [4.78, 5) is 50.7. The highest BCUT2D eigenvalue weighted by Crippen LogP contribution is 2.38. The summed E-state index contributed by atoms with van der Waals surface area (Å²) >= 11 is 0. The van der Waals surface area contributed by atoms with E-state index in [-0.39, 0.29) is 23.7 Å². The quantitative estimate of drug-likeness (QED) is 0.562. The highest BCUT2D eigenvalue weighted by Gasteiger charge is 2.51. The van der Waals surface area contributed by atoms with E-state index >= 15 is 0 Å². The van der Waals surface area contributed by atoms with Gasteiger partial charge in [0.25, 0.3) is 5.91 Å². The van der Waals surface area contributed by atoms with Crippen LogP contribution in [0.15, 0.2) is 0 Å². The predicted molar refractivity (Wildman–Crippen MR) is 97.3 cm³/mol. The van der Waals surface area contributed by atoms with Crippen molar-refractivity contribution in [1.29, 1.82) is 5.26 Å². The van der Waals surface area contributed by atoms with Crippen molar-refractivity contribution < 1.29 is 23.9 Å². The molecule has 152 valence electrons. The van der Waals surface area contributed by atoms with Crippen molar-refractivity contribution >= 4 is 23.7 Å². The van der Waals surface area contributed by atoms with E-state index in [1.54, 1.807) is 0 Å². The summed E-state index contributed by atoms with van der Waals surface area (Å²) in [5.74, 6) is -2.62. The number of esters is 1. The number of carbonyl (C=O) groups excluding carboxylic acids is 4. The molecule has 0 bridgehead atoms. The van der Waals surface area contributed by atoms with Crippen LogP contribution in [0.2, 0.25) is 0 Å². The molecule has 0 spiro atoms. The number of carbonyl (C=O) groups is 4. The first-order valence-corrected chi connectivity index (χ1v) is 10.1. The maximum atomic E-state index is 12.6. The molecule has 3 rings (SSSR count).